The van der Waals surface area contributed by atoms with Crippen LogP contribution in [-0.4, -0.2) is 20.7 Å². The molecule has 0 saturated heterocycles. The molecule has 3 aromatic rings. The van der Waals surface area contributed by atoms with Crippen molar-refractivity contribution in [1.29, 1.82) is 0 Å². The summed E-state index contributed by atoms with van der Waals surface area (Å²) in [5.74, 6) is -0.320. The van der Waals surface area contributed by atoms with Gasteiger partial charge in [-0.3, -0.25) is 4.79 Å². The molecule has 0 radical (unpaired) electrons. The van der Waals surface area contributed by atoms with E-state index >= 15 is 0 Å². The monoisotopic (exact) mass is 404 g/mol. The minimum Gasteiger partial charge on any atom is -0.322 e. The Balaban J connectivity index is 1.88. The van der Waals surface area contributed by atoms with Gasteiger partial charge in [-0.1, -0.05) is 17.7 Å². The van der Waals surface area contributed by atoms with Crippen LogP contribution in [0, 0.1) is 13.8 Å². The summed E-state index contributed by atoms with van der Waals surface area (Å²) in [5.41, 5.74) is 3.80. The Hall–Kier alpha value is -2.18. The highest BCUT2D eigenvalue weighted by molar-refractivity contribution is 9.10. The van der Waals surface area contributed by atoms with Gasteiger partial charge in [0.1, 0.15) is 5.15 Å². The highest BCUT2D eigenvalue weighted by Crippen LogP contribution is 2.21. The van der Waals surface area contributed by atoms with E-state index in [1.165, 1.54) is 0 Å². The van der Waals surface area contributed by atoms with Crippen LogP contribution in [0.5, 0.6) is 0 Å². The predicted molar refractivity (Wildman–Crippen MR) is 97.9 cm³/mol. The van der Waals surface area contributed by atoms with Crippen molar-refractivity contribution in [1.82, 2.24) is 14.8 Å². The maximum atomic E-state index is 12.4. The van der Waals surface area contributed by atoms with Crippen LogP contribution in [0.15, 0.2) is 47.1 Å². The third kappa shape index (κ3) is 3.49. The number of pyridine rings is 1. The zero-order valence-electron chi connectivity index (χ0n) is 13.0. The normalized spacial score (nSPS) is 10.7. The smallest absolute Gasteiger partial charge is 0.258 e. The lowest BCUT2D eigenvalue weighted by Gasteiger charge is -2.09. The molecule has 0 fully saturated rings. The first-order valence-electron chi connectivity index (χ1n) is 7.20. The number of aromatic nitrogens is 3. The molecule has 0 aliphatic heterocycles. The first-order valence-corrected chi connectivity index (χ1v) is 8.37. The van der Waals surface area contributed by atoms with Crippen LogP contribution in [0.1, 0.15) is 21.7 Å². The van der Waals surface area contributed by atoms with Gasteiger partial charge >= 0.3 is 0 Å². The number of benzene rings is 1. The number of nitrogens with one attached hydrogen (secondary N) is 1. The molecule has 0 aliphatic rings. The number of amides is 1. The molecule has 0 spiro atoms. The van der Waals surface area contributed by atoms with Crippen molar-refractivity contribution in [3.8, 4) is 5.69 Å². The largest absolute Gasteiger partial charge is 0.322 e. The number of nitrogens with zero attached hydrogens (tertiary/aromatic N) is 3. The molecule has 2 heterocycles. The van der Waals surface area contributed by atoms with Crippen LogP contribution in [-0.2, 0) is 0 Å². The van der Waals surface area contributed by atoms with E-state index in [1.54, 1.807) is 12.3 Å². The van der Waals surface area contributed by atoms with E-state index in [9.17, 15) is 4.79 Å². The molecule has 1 aromatic carbocycles. The first kappa shape index (κ1) is 16.7. The van der Waals surface area contributed by atoms with Crippen LogP contribution < -0.4 is 5.32 Å². The van der Waals surface area contributed by atoms with E-state index in [4.69, 9.17) is 11.6 Å². The Labute approximate surface area is 152 Å². The lowest BCUT2D eigenvalue weighted by atomic mass is 10.2. The van der Waals surface area contributed by atoms with E-state index in [2.05, 4.69) is 31.3 Å². The molecular formula is C17H14BrClN4O. The molecule has 5 nitrogen and oxygen atoms in total. The molecule has 3 rings (SSSR count). The fourth-order valence-corrected chi connectivity index (χ4v) is 2.91. The molecule has 0 atom stereocenters. The van der Waals surface area contributed by atoms with Crippen LogP contribution in [0.4, 0.5) is 5.69 Å². The van der Waals surface area contributed by atoms with Crippen molar-refractivity contribution >= 4 is 39.1 Å². The topological polar surface area (TPSA) is 59.8 Å². The van der Waals surface area contributed by atoms with E-state index in [1.807, 2.05) is 48.9 Å². The minimum absolute atomic E-state index is 0.158. The number of halogens is 2. The molecule has 2 aromatic heterocycles. The molecule has 122 valence electrons. The summed E-state index contributed by atoms with van der Waals surface area (Å²) >= 11 is 9.29. The first-order chi connectivity index (χ1) is 11.4. The third-order valence-corrected chi connectivity index (χ3v) is 4.14. The highest BCUT2D eigenvalue weighted by Gasteiger charge is 2.13. The van der Waals surface area contributed by atoms with Gasteiger partial charge in [0.15, 0.2) is 0 Å². The van der Waals surface area contributed by atoms with Crippen LogP contribution in [0.2, 0.25) is 5.15 Å². The average molecular weight is 406 g/mol. The molecular weight excluding hydrogens is 392 g/mol. The summed E-state index contributed by atoms with van der Waals surface area (Å²) in [6.07, 6.45) is 1.54. The molecule has 1 N–H and O–H groups in total. The lowest BCUT2D eigenvalue weighted by Crippen LogP contribution is -2.13. The van der Waals surface area contributed by atoms with E-state index in [-0.39, 0.29) is 11.1 Å². The van der Waals surface area contributed by atoms with Crippen molar-refractivity contribution in [2.75, 3.05) is 5.32 Å². The van der Waals surface area contributed by atoms with Gasteiger partial charge in [-0.25, -0.2) is 9.67 Å². The third-order valence-electron chi connectivity index (χ3n) is 3.41. The second-order valence-corrected chi connectivity index (χ2v) is 6.61. The molecule has 1 amide bonds. The summed E-state index contributed by atoms with van der Waals surface area (Å²) in [6.45, 7) is 3.93. The van der Waals surface area contributed by atoms with Gasteiger partial charge in [0.05, 0.1) is 16.9 Å². The SMILES string of the molecule is Cc1cc(C)n(-c2cccc(NC(=O)c3cc(Br)cnc3Cl)c2)n1. The van der Waals surface area contributed by atoms with Crippen LogP contribution in [0.25, 0.3) is 5.69 Å². The number of hydrogen-bond donors (Lipinski definition) is 1. The Morgan fingerprint density at radius 3 is 2.75 bits per heavy atom. The Bertz CT molecular complexity index is 923. The second-order valence-electron chi connectivity index (χ2n) is 5.34. The maximum Gasteiger partial charge on any atom is 0.258 e. The van der Waals surface area contributed by atoms with Gasteiger partial charge in [-0.2, -0.15) is 5.10 Å². The van der Waals surface area contributed by atoms with Gasteiger partial charge in [0, 0.05) is 22.1 Å². The Kier molecular flexibility index (Phi) is 4.69. The summed E-state index contributed by atoms with van der Waals surface area (Å²) in [5, 5.41) is 7.45. The van der Waals surface area contributed by atoms with Crippen molar-refractivity contribution in [2.45, 2.75) is 13.8 Å². The van der Waals surface area contributed by atoms with E-state index in [0.717, 1.165) is 17.1 Å². The quantitative estimate of drug-likeness (QED) is 0.650. The number of hydrogen-bond acceptors (Lipinski definition) is 3. The molecule has 7 heteroatoms. The number of carbonyl (C=O) groups is 1. The lowest BCUT2D eigenvalue weighted by molar-refractivity contribution is 0.102. The van der Waals surface area contributed by atoms with Crippen LogP contribution in [0.3, 0.4) is 0 Å². The summed E-state index contributed by atoms with van der Waals surface area (Å²) in [6, 6.07) is 11.1. The second kappa shape index (κ2) is 6.75. The molecule has 0 saturated carbocycles. The van der Waals surface area contributed by atoms with Gasteiger partial charge in [-0.05, 0) is 60.1 Å². The summed E-state index contributed by atoms with van der Waals surface area (Å²) in [4.78, 5) is 16.4. The van der Waals surface area contributed by atoms with Gasteiger partial charge < -0.3 is 5.32 Å². The fraction of sp³-hybridized carbons (Fsp3) is 0.118. The van der Waals surface area contributed by atoms with Gasteiger partial charge in [-0.15, -0.1) is 0 Å². The molecule has 0 aliphatic carbocycles. The minimum atomic E-state index is -0.320. The predicted octanol–water partition coefficient (Wildman–Crippen LogP) is 4.55. The number of aryl methyl sites for hydroxylation is 2. The number of rotatable bonds is 3. The summed E-state index contributed by atoms with van der Waals surface area (Å²) in [7, 11) is 0. The maximum absolute atomic E-state index is 12.4. The van der Waals surface area contributed by atoms with E-state index < -0.39 is 0 Å². The summed E-state index contributed by atoms with van der Waals surface area (Å²) < 4.78 is 2.52. The number of anilines is 1. The average Bonchev–Trinajstić information content (AvgIpc) is 2.88. The van der Waals surface area contributed by atoms with Gasteiger partial charge in [0.2, 0.25) is 0 Å². The molecule has 0 bridgehead atoms. The zero-order valence-corrected chi connectivity index (χ0v) is 15.4. The van der Waals surface area contributed by atoms with Crippen molar-refractivity contribution in [2.24, 2.45) is 0 Å². The van der Waals surface area contributed by atoms with Crippen molar-refractivity contribution in [3.05, 3.63) is 69.2 Å². The number of carbonyl (C=O) groups excluding carboxylic acids is 1. The standard InChI is InChI=1S/C17H14BrClN4O/c1-10-6-11(2)23(22-10)14-5-3-4-13(8-14)21-17(24)15-7-12(18)9-20-16(15)19/h3-9H,1-2H3,(H,21,24). The van der Waals surface area contributed by atoms with Crippen LogP contribution >= 0.6 is 27.5 Å². The van der Waals surface area contributed by atoms with Crippen molar-refractivity contribution < 1.29 is 4.79 Å². The van der Waals surface area contributed by atoms with Crippen molar-refractivity contribution in [3.63, 3.8) is 0 Å². The molecule has 24 heavy (non-hydrogen) atoms. The van der Waals surface area contributed by atoms with E-state index in [0.29, 0.717) is 15.7 Å². The Morgan fingerprint density at radius 2 is 2.04 bits per heavy atom. The Morgan fingerprint density at radius 1 is 1.25 bits per heavy atom. The molecule has 0 unspecified atom stereocenters. The highest BCUT2D eigenvalue weighted by atomic mass is 79.9. The zero-order chi connectivity index (χ0) is 17.3. The fourth-order valence-electron chi connectivity index (χ4n) is 2.39. The van der Waals surface area contributed by atoms with Gasteiger partial charge in [0.25, 0.3) is 5.91 Å².